The maximum absolute atomic E-state index is 12.7. The number of nitrogens with zero attached hydrogens (tertiary/aromatic N) is 2. The molecule has 0 bridgehead atoms. The van der Waals surface area contributed by atoms with Gasteiger partial charge >= 0.3 is 18.0 Å². The number of alkyl carbamates (subject to hydrolysis) is 1. The Morgan fingerprint density at radius 3 is 1.26 bits per heavy atom. The molecule has 0 aliphatic heterocycles. The van der Waals surface area contributed by atoms with Gasteiger partial charge in [0.15, 0.2) is 0 Å². The largest absolute Gasteiger partial charge is 0.463 e. The van der Waals surface area contributed by atoms with Crippen molar-refractivity contribution in [2.24, 2.45) is 0 Å². The normalized spacial score (nSPS) is 11.8. The zero-order chi connectivity index (χ0) is 42.6. The lowest BCUT2D eigenvalue weighted by molar-refractivity contribution is -0.147. The summed E-state index contributed by atoms with van der Waals surface area (Å²) in [6.45, 7) is 13.4. The third-order valence-corrected chi connectivity index (χ3v) is 10.9. The Balaban J connectivity index is 4.43. The van der Waals surface area contributed by atoms with E-state index in [-0.39, 0.29) is 31.8 Å². The molecule has 0 aliphatic carbocycles. The number of likely N-dealkylation sites (N-methyl/N-ethyl adjacent to an activating group) is 2. The van der Waals surface area contributed by atoms with Gasteiger partial charge in [-0.25, -0.2) is 4.79 Å². The molecular weight excluding hydrogens is 727 g/mol. The number of unbranched alkanes of at least 4 members (excludes halogenated alkanes) is 22. The number of carbonyl (C=O) groups is 3. The van der Waals surface area contributed by atoms with Gasteiger partial charge in [0.25, 0.3) is 0 Å². The summed E-state index contributed by atoms with van der Waals surface area (Å²) < 4.78 is 16.5. The van der Waals surface area contributed by atoms with Gasteiger partial charge in [0.05, 0.1) is 0 Å². The lowest BCUT2D eigenvalue weighted by Gasteiger charge is -2.23. The number of esters is 2. The van der Waals surface area contributed by atoms with Crippen LogP contribution >= 0.6 is 0 Å². The molecule has 0 radical (unpaired) electrons. The van der Waals surface area contributed by atoms with E-state index < -0.39 is 12.1 Å². The van der Waals surface area contributed by atoms with Crippen LogP contribution in [0.1, 0.15) is 207 Å². The fraction of sp³-hybridized carbons (Fsp3) is 0.857. The molecule has 340 valence electrons. The molecule has 0 saturated heterocycles. The molecule has 9 heteroatoms. The van der Waals surface area contributed by atoms with Crippen LogP contribution in [0.15, 0.2) is 24.3 Å². The molecule has 0 aromatic heterocycles. The van der Waals surface area contributed by atoms with E-state index in [1.165, 1.54) is 116 Å². The van der Waals surface area contributed by atoms with Gasteiger partial charge in [0, 0.05) is 32.5 Å². The van der Waals surface area contributed by atoms with Gasteiger partial charge in [-0.3, -0.25) is 9.59 Å². The Bertz CT molecular complexity index is 929. The Morgan fingerprint density at radius 1 is 0.483 bits per heavy atom. The van der Waals surface area contributed by atoms with Gasteiger partial charge < -0.3 is 29.3 Å². The molecule has 58 heavy (non-hydrogen) atoms. The van der Waals surface area contributed by atoms with Gasteiger partial charge in [0.2, 0.25) is 0 Å². The zero-order valence-corrected chi connectivity index (χ0v) is 38.7. The molecule has 0 fully saturated rings. The Kier molecular flexibility index (Phi) is 42.3. The van der Waals surface area contributed by atoms with E-state index in [1.807, 2.05) is 7.05 Å². The molecule has 0 heterocycles. The molecular formula is C49H93N3O6. The third kappa shape index (κ3) is 40.4. The first kappa shape index (κ1) is 55.6. The molecule has 0 aromatic carbocycles. The summed E-state index contributed by atoms with van der Waals surface area (Å²) in [6, 6.07) is -0.677. The highest BCUT2D eigenvalue weighted by atomic mass is 16.6. The number of hydrogen-bond acceptors (Lipinski definition) is 8. The molecule has 0 aliphatic rings. The minimum atomic E-state index is -0.677. The average Bonchev–Trinajstić information content (AvgIpc) is 3.22. The molecule has 0 aromatic rings. The number of rotatable bonds is 43. The standard InChI is InChI=1S/C49H93N3O6/c1-6-10-12-14-16-18-20-22-24-26-28-30-32-34-36-38-47(53)57-44-46(50-49(55)56-43-42-51(5)40-41-52(8-3)9-4)45-58-48(54)39-37-35-33-31-29-27-25-23-21-19-17-15-13-11-7-2/h22-25,46H,6-21,26-45H2,1-5H3,(H,50,55)/b24-22-,25-23-. The van der Waals surface area contributed by atoms with Gasteiger partial charge in [-0.05, 0) is 84.3 Å². The highest BCUT2D eigenvalue weighted by molar-refractivity contribution is 5.70. The first-order valence-electron chi connectivity index (χ1n) is 24.3. The van der Waals surface area contributed by atoms with Gasteiger partial charge in [-0.1, -0.05) is 155 Å². The van der Waals surface area contributed by atoms with Crippen molar-refractivity contribution in [1.82, 2.24) is 15.1 Å². The number of amides is 1. The molecule has 1 amide bonds. The molecule has 1 N–H and O–H groups in total. The van der Waals surface area contributed by atoms with E-state index in [9.17, 15) is 14.4 Å². The monoisotopic (exact) mass is 820 g/mol. The lowest BCUT2D eigenvalue weighted by atomic mass is 10.1. The second kappa shape index (κ2) is 44.2. The molecule has 0 rings (SSSR count). The van der Waals surface area contributed by atoms with E-state index in [2.05, 4.69) is 67.1 Å². The Morgan fingerprint density at radius 2 is 0.862 bits per heavy atom. The molecule has 0 saturated carbocycles. The number of carbonyl (C=O) groups excluding carboxylic acids is 3. The second-order valence-electron chi connectivity index (χ2n) is 16.3. The topological polar surface area (TPSA) is 97.4 Å². The van der Waals surface area contributed by atoms with Crippen LogP contribution in [0.2, 0.25) is 0 Å². The number of ether oxygens (including phenoxy) is 3. The van der Waals surface area contributed by atoms with Crippen LogP contribution < -0.4 is 5.32 Å². The van der Waals surface area contributed by atoms with E-state index in [4.69, 9.17) is 14.2 Å². The van der Waals surface area contributed by atoms with E-state index in [0.29, 0.717) is 19.4 Å². The Labute approximate surface area is 358 Å². The minimum absolute atomic E-state index is 0.0660. The number of nitrogens with one attached hydrogen (secondary N) is 1. The molecule has 0 atom stereocenters. The van der Waals surface area contributed by atoms with Crippen molar-refractivity contribution >= 4 is 18.0 Å². The predicted octanol–water partition coefficient (Wildman–Crippen LogP) is 12.5. The highest BCUT2D eigenvalue weighted by Crippen LogP contribution is 2.12. The number of allylic oxidation sites excluding steroid dienone is 4. The zero-order valence-electron chi connectivity index (χ0n) is 38.7. The van der Waals surface area contributed by atoms with Gasteiger partial charge in [0.1, 0.15) is 25.9 Å². The van der Waals surface area contributed by atoms with Crippen molar-refractivity contribution in [3.8, 4) is 0 Å². The SMILES string of the molecule is CCCCCCCC/C=C\CCCCCCCC(=O)OCC(COC(=O)CCCCCCC/C=C\CCCCCCCC)NC(=O)OCCN(C)CCN(CC)CC. The van der Waals surface area contributed by atoms with Crippen LogP contribution in [0, 0.1) is 0 Å². The molecule has 0 spiro atoms. The fourth-order valence-electron chi connectivity index (χ4n) is 6.81. The van der Waals surface area contributed by atoms with Crippen LogP contribution in [-0.4, -0.2) is 93.5 Å². The molecule has 9 nitrogen and oxygen atoms in total. The van der Waals surface area contributed by atoms with Crippen molar-refractivity contribution < 1.29 is 28.6 Å². The summed E-state index contributed by atoms with van der Waals surface area (Å²) in [6.07, 6.45) is 40.6. The fourth-order valence-corrected chi connectivity index (χ4v) is 6.81. The summed E-state index contributed by atoms with van der Waals surface area (Å²) in [5, 5.41) is 2.76. The predicted molar refractivity (Wildman–Crippen MR) is 244 cm³/mol. The summed E-state index contributed by atoms with van der Waals surface area (Å²) in [7, 11) is 2.01. The van der Waals surface area contributed by atoms with Crippen LogP contribution in [0.25, 0.3) is 0 Å². The smallest absolute Gasteiger partial charge is 0.407 e. The van der Waals surface area contributed by atoms with Crippen LogP contribution in [0.5, 0.6) is 0 Å². The minimum Gasteiger partial charge on any atom is -0.463 e. The number of hydrogen-bond donors (Lipinski definition) is 1. The van der Waals surface area contributed by atoms with Crippen molar-refractivity contribution in [1.29, 1.82) is 0 Å². The van der Waals surface area contributed by atoms with Crippen molar-refractivity contribution in [2.45, 2.75) is 214 Å². The summed E-state index contributed by atoms with van der Waals surface area (Å²) in [5.41, 5.74) is 0. The highest BCUT2D eigenvalue weighted by Gasteiger charge is 2.18. The van der Waals surface area contributed by atoms with Crippen LogP contribution in [0.3, 0.4) is 0 Å². The van der Waals surface area contributed by atoms with Crippen LogP contribution in [-0.2, 0) is 23.8 Å². The van der Waals surface area contributed by atoms with Gasteiger partial charge in [-0.2, -0.15) is 0 Å². The average molecular weight is 820 g/mol. The van der Waals surface area contributed by atoms with E-state index >= 15 is 0 Å². The quantitative estimate of drug-likeness (QED) is 0.0281. The summed E-state index contributed by atoms with van der Waals surface area (Å²) in [4.78, 5) is 42.3. The molecule has 0 unspecified atom stereocenters. The van der Waals surface area contributed by atoms with E-state index in [0.717, 1.165) is 77.5 Å². The van der Waals surface area contributed by atoms with E-state index in [1.54, 1.807) is 0 Å². The van der Waals surface area contributed by atoms with Crippen molar-refractivity contribution in [3.05, 3.63) is 24.3 Å². The maximum Gasteiger partial charge on any atom is 0.407 e. The summed E-state index contributed by atoms with van der Waals surface area (Å²) in [5.74, 6) is -0.598. The summed E-state index contributed by atoms with van der Waals surface area (Å²) >= 11 is 0. The Hall–Kier alpha value is -2.39. The van der Waals surface area contributed by atoms with Gasteiger partial charge in [-0.15, -0.1) is 0 Å². The second-order valence-corrected chi connectivity index (χ2v) is 16.3. The van der Waals surface area contributed by atoms with Crippen molar-refractivity contribution in [2.75, 3.05) is 59.6 Å². The van der Waals surface area contributed by atoms with Crippen LogP contribution in [0.4, 0.5) is 4.79 Å². The third-order valence-electron chi connectivity index (χ3n) is 10.9. The maximum atomic E-state index is 12.7. The lowest BCUT2D eigenvalue weighted by Crippen LogP contribution is -2.43. The first-order chi connectivity index (χ1) is 28.4. The first-order valence-corrected chi connectivity index (χ1v) is 24.3. The van der Waals surface area contributed by atoms with Crippen molar-refractivity contribution in [3.63, 3.8) is 0 Å².